The van der Waals surface area contributed by atoms with Crippen LogP contribution < -0.4 is 5.32 Å². The van der Waals surface area contributed by atoms with E-state index in [1.807, 2.05) is 18.3 Å². The fourth-order valence-corrected chi connectivity index (χ4v) is 3.01. The minimum Gasteiger partial charge on any atom is -0.303 e. The van der Waals surface area contributed by atoms with E-state index in [1.54, 1.807) is 0 Å². The van der Waals surface area contributed by atoms with Gasteiger partial charge in [-0.15, -0.1) is 0 Å². The van der Waals surface area contributed by atoms with E-state index < -0.39 is 0 Å². The third-order valence-electron chi connectivity index (χ3n) is 4.33. The second-order valence-corrected chi connectivity index (χ2v) is 5.94. The number of nitrogens with zero attached hydrogens (tertiary/aromatic N) is 3. The fraction of sp³-hybridized carbons (Fsp3) is 0.529. The highest BCUT2D eigenvalue weighted by Gasteiger charge is 2.16. The molecule has 0 aromatic carbocycles. The van der Waals surface area contributed by atoms with Crippen LogP contribution in [0.1, 0.15) is 62.5 Å². The van der Waals surface area contributed by atoms with Crippen LogP contribution in [-0.2, 0) is 6.54 Å². The van der Waals surface area contributed by atoms with Crippen LogP contribution in [0.5, 0.6) is 0 Å². The van der Waals surface area contributed by atoms with Crippen molar-refractivity contribution < 1.29 is 0 Å². The Hall–Kier alpha value is -1.68. The highest BCUT2D eigenvalue weighted by Crippen LogP contribution is 2.27. The quantitative estimate of drug-likeness (QED) is 0.911. The largest absolute Gasteiger partial charge is 0.303 e. The van der Waals surface area contributed by atoms with E-state index in [-0.39, 0.29) is 6.04 Å². The fourth-order valence-electron chi connectivity index (χ4n) is 3.01. The second kappa shape index (κ2) is 6.85. The molecule has 0 unspecified atom stereocenters. The maximum atomic E-state index is 4.73. The predicted octanol–water partition coefficient (Wildman–Crippen LogP) is 3.63. The molecule has 112 valence electrons. The molecule has 2 aromatic heterocycles. The predicted molar refractivity (Wildman–Crippen MR) is 83.8 cm³/mol. The van der Waals surface area contributed by atoms with Crippen molar-refractivity contribution in [2.24, 2.45) is 0 Å². The van der Waals surface area contributed by atoms with Crippen molar-refractivity contribution in [1.82, 2.24) is 20.1 Å². The van der Waals surface area contributed by atoms with Crippen molar-refractivity contribution >= 4 is 0 Å². The molecule has 2 aromatic rings. The number of rotatable bonds is 5. The Morgan fingerprint density at radius 3 is 2.86 bits per heavy atom. The SMILES string of the molecule is C[C@@H](NCc1ccn(C2CCCCC2)n1)c1ccccn1. The van der Waals surface area contributed by atoms with Gasteiger partial charge in [0.05, 0.1) is 17.4 Å². The van der Waals surface area contributed by atoms with Gasteiger partial charge in [0, 0.05) is 25.0 Å². The van der Waals surface area contributed by atoms with Crippen LogP contribution in [0, 0.1) is 0 Å². The van der Waals surface area contributed by atoms with Gasteiger partial charge in [-0.1, -0.05) is 25.3 Å². The summed E-state index contributed by atoms with van der Waals surface area (Å²) in [5.41, 5.74) is 2.19. The topological polar surface area (TPSA) is 42.7 Å². The third kappa shape index (κ3) is 3.70. The Kier molecular flexibility index (Phi) is 4.65. The van der Waals surface area contributed by atoms with E-state index in [0.717, 1.165) is 17.9 Å². The Balaban J connectivity index is 1.55. The molecule has 0 amide bonds. The summed E-state index contributed by atoms with van der Waals surface area (Å²) in [6.45, 7) is 2.93. The number of hydrogen-bond donors (Lipinski definition) is 1. The molecule has 0 radical (unpaired) electrons. The molecule has 0 saturated heterocycles. The number of hydrogen-bond acceptors (Lipinski definition) is 3. The van der Waals surface area contributed by atoms with Crippen molar-refractivity contribution in [3.05, 3.63) is 48.0 Å². The van der Waals surface area contributed by atoms with Crippen LogP contribution in [0.25, 0.3) is 0 Å². The lowest BCUT2D eigenvalue weighted by molar-refractivity contribution is 0.327. The molecular formula is C17H24N4. The van der Waals surface area contributed by atoms with Gasteiger partial charge in [0.1, 0.15) is 0 Å². The van der Waals surface area contributed by atoms with E-state index in [9.17, 15) is 0 Å². The molecule has 2 heterocycles. The molecule has 4 nitrogen and oxygen atoms in total. The lowest BCUT2D eigenvalue weighted by Crippen LogP contribution is -2.20. The van der Waals surface area contributed by atoms with Gasteiger partial charge in [-0.05, 0) is 38.0 Å². The van der Waals surface area contributed by atoms with Gasteiger partial charge in [0.2, 0.25) is 0 Å². The zero-order valence-electron chi connectivity index (χ0n) is 12.7. The smallest absolute Gasteiger partial charge is 0.0762 e. The van der Waals surface area contributed by atoms with Gasteiger partial charge >= 0.3 is 0 Å². The number of pyridine rings is 1. The van der Waals surface area contributed by atoms with Gasteiger partial charge < -0.3 is 5.32 Å². The summed E-state index contributed by atoms with van der Waals surface area (Å²) in [7, 11) is 0. The van der Waals surface area contributed by atoms with E-state index >= 15 is 0 Å². The minimum absolute atomic E-state index is 0.242. The van der Waals surface area contributed by atoms with Crippen LogP contribution in [0.3, 0.4) is 0 Å². The zero-order chi connectivity index (χ0) is 14.5. The summed E-state index contributed by atoms with van der Waals surface area (Å²) in [5, 5.41) is 8.23. The average molecular weight is 284 g/mol. The lowest BCUT2D eigenvalue weighted by Gasteiger charge is -2.21. The minimum atomic E-state index is 0.242. The summed E-state index contributed by atoms with van der Waals surface area (Å²) < 4.78 is 2.17. The summed E-state index contributed by atoms with van der Waals surface area (Å²) in [6, 6.07) is 9.01. The molecule has 1 fully saturated rings. The maximum absolute atomic E-state index is 4.73. The first-order chi connectivity index (χ1) is 10.3. The van der Waals surface area contributed by atoms with Gasteiger partial charge in [-0.2, -0.15) is 5.10 Å². The van der Waals surface area contributed by atoms with Gasteiger partial charge in [-0.25, -0.2) is 0 Å². The highest BCUT2D eigenvalue weighted by molar-refractivity contribution is 5.08. The van der Waals surface area contributed by atoms with E-state index in [2.05, 4.69) is 40.2 Å². The lowest BCUT2D eigenvalue weighted by atomic mass is 9.96. The molecule has 1 aliphatic carbocycles. The van der Waals surface area contributed by atoms with Gasteiger partial charge in [0.25, 0.3) is 0 Å². The number of aromatic nitrogens is 3. The summed E-state index contributed by atoms with van der Waals surface area (Å²) in [4.78, 5) is 4.38. The monoisotopic (exact) mass is 284 g/mol. The van der Waals surface area contributed by atoms with Crippen LogP contribution in [0.15, 0.2) is 36.7 Å². The molecule has 1 N–H and O–H groups in total. The van der Waals surface area contributed by atoms with Crippen molar-refractivity contribution in [3.8, 4) is 0 Å². The summed E-state index contributed by atoms with van der Waals surface area (Å²) in [5.74, 6) is 0. The number of nitrogens with one attached hydrogen (secondary N) is 1. The van der Waals surface area contributed by atoms with Crippen LogP contribution in [0.4, 0.5) is 0 Å². The molecule has 4 heteroatoms. The normalized spacial score (nSPS) is 17.8. The van der Waals surface area contributed by atoms with Crippen molar-refractivity contribution in [1.29, 1.82) is 0 Å². The Morgan fingerprint density at radius 1 is 1.24 bits per heavy atom. The molecule has 1 saturated carbocycles. The molecule has 3 rings (SSSR count). The van der Waals surface area contributed by atoms with Gasteiger partial charge in [0.15, 0.2) is 0 Å². The maximum Gasteiger partial charge on any atom is 0.0762 e. The Labute approximate surface area is 126 Å². The van der Waals surface area contributed by atoms with E-state index in [0.29, 0.717) is 6.04 Å². The molecular weight excluding hydrogens is 260 g/mol. The van der Waals surface area contributed by atoms with Crippen LogP contribution in [0.2, 0.25) is 0 Å². The Morgan fingerprint density at radius 2 is 2.10 bits per heavy atom. The third-order valence-corrected chi connectivity index (χ3v) is 4.33. The Bertz CT molecular complexity index is 543. The summed E-state index contributed by atoms with van der Waals surface area (Å²) in [6.07, 6.45) is 10.6. The summed E-state index contributed by atoms with van der Waals surface area (Å²) >= 11 is 0. The molecule has 1 aliphatic rings. The first-order valence-electron chi connectivity index (χ1n) is 8.01. The van der Waals surface area contributed by atoms with Crippen molar-refractivity contribution in [3.63, 3.8) is 0 Å². The van der Waals surface area contributed by atoms with Crippen LogP contribution >= 0.6 is 0 Å². The molecule has 1 atom stereocenters. The second-order valence-electron chi connectivity index (χ2n) is 5.94. The van der Waals surface area contributed by atoms with Crippen LogP contribution in [-0.4, -0.2) is 14.8 Å². The van der Waals surface area contributed by atoms with Gasteiger partial charge in [-0.3, -0.25) is 9.67 Å². The average Bonchev–Trinajstić information content (AvgIpc) is 3.03. The standard InChI is InChI=1S/C17H24N4/c1-14(17-9-5-6-11-18-17)19-13-15-10-12-21(20-15)16-7-3-2-4-8-16/h5-6,9-12,14,16,19H,2-4,7-8,13H2,1H3/t14-/m1/s1. The first kappa shape index (κ1) is 14.3. The zero-order valence-corrected chi connectivity index (χ0v) is 12.7. The van der Waals surface area contributed by atoms with E-state index in [4.69, 9.17) is 5.10 Å². The molecule has 0 aliphatic heterocycles. The first-order valence-corrected chi connectivity index (χ1v) is 8.01. The molecule has 0 bridgehead atoms. The van der Waals surface area contributed by atoms with Crippen molar-refractivity contribution in [2.45, 2.75) is 57.7 Å². The molecule has 0 spiro atoms. The molecule has 21 heavy (non-hydrogen) atoms. The highest BCUT2D eigenvalue weighted by atomic mass is 15.3. The van der Waals surface area contributed by atoms with Crippen molar-refractivity contribution in [2.75, 3.05) is 0 Å². The van der Waals surface area contributed by atoms with E-state index in [1.165, 1.54) is 32.1 Å².